The van der Waals surface area contributed by atoms with Gasteiger partial charge in [0.2, 0.25) is 0 Å². The summed E-state index contributed by atoms with van der Waals surface area (Å²) >= 11 is 3.03. The Morgan fingerprint density at radius 3 is 2.48 bits per heavy atom. The highest BCUT2D eigenvalue weighted by Gasteiger charge is 2.12. The van der Waals surface area contributed by atoms with Gasteiger partial charge in [-0.05, 0) is 0 Å². The Labute approximate surface area is 164 Å². The number of esters is 1. The summed E-state index contributed by atoms with van der Waals surface area (Å²) in [5, 5.41) is 9.69. The molecule has 3 aromatic heterocycles. The van der Waals surface area contributed by atoms with Crippen LogP contribution in [0.2, 0.25) is 0 Å². The van der Waals surface area contributed by atoms with Crippen molar-refractivity contribution in [2.75, 3.05) is 0 Å². The number of benzene rings is 1. The van der Waals surface area contributed by atoms with Crippen LogP contribution in [0.4, 0.5) is 0 Å². The average Bonchev–Trinajstić information content (AvgIpc) is 3.41. The number of rotatable bonds is 6. The van der Waals surface area contributed by atoms with Crippen LogP contribution in [0.15, 0.2) is 53.5 Å². The molecule has 0 aliphatic carbocycles. The molecule has 136 valence electrons. The normalized spacial score (nSPS) is 10.9. The lowest BCUT2D eigenvalue weighted by molar-refractivity contribution is -0.144. The van der Waals surface area contributed by atoms with Crippen molar-refractivity contribution in [3.8, 4) is 21.1 Å². The van der Waals surface area contributed by atoms with Gasteiger partial charge in [0.25, 0.3) is 0 Å². The zero-order valence-electron chi connectivity index (χ0n) is 14.5. The van der Waals surface area contributed by atoms with Crippen molar-refractivity contribution in [3.05, 3.63) is 64.9 Å². The van der Waals surface area contributed by atoms with Gasteiger partial charge in [0.05, 0.1) is 24.0 Å². The minimum Gasteiger partial charge on any atom is -0.459 e. The van der Waals surface area contributed by atoms with E-state index in [4.69, 9.17) is 4.74 Å². The molecule has 0 aliphatic heterocycles. The Morgan fingerprint density at radius 2 is 1.74 bits per heavy atom. The van der Waals surface area contributed by atoms with Crippen molar-refractivity contribution in [2.45, 2.75) is 13.0 Å². The molecular formula is C19H16N4O2S2. The molecule has 0 amide bonds. The number of hydrogen-bond donors (Lipinski definition) is 0. The maximum atomic E-state index is 12.1. The van der Waals surface area contributed by atoms with E-state index >= 15 is 0 Å². The van der Waals surface area contributed by atoms with Gasteiger partial charge in [-0.3, -0.25) is 9.48 Å². The van der Waals surface area contributed by atoms with Gasteiger partial charge in [0.15, 0.2) is 0 Å². The Hall–Kier alpha value is -2.84. The molecule has 0 saturated carbocycles. The molecule has 3 heterocycles. The SMILES string of the molecule is Cn1cc(-c2nc(COC(=O)Cc3csc(-c4ccccc4)n3)cs2)cn1. The van der Waals surface area contributed by atoms with Crippen molar-refractivity contribution in [2.24, 2.45) is 7.05 Å². The van der Waals surface area contributed by atoms with E-state index in [-0.39, 0.29) is 19.0 Å². The van der Waals surface area contributed by atoms with Crippen LogP contribution in [0, 0.1) is 0 Å². The van der Waals surface area contributed by atoms with E-state index in [1.165, 1.54) is 22.7 Å². The predicted octanol–water partition coefficient (Wildman–Crippen LogP) is 3.95. The number of ether oxygens (including phenoxy) is 1. The first-order valence-electron chi connectivity index (χ1n) is 8.26. The molecule has 8 heteroatoms. The summed E-state index contributed by atoms with van der Waals surface area (Å²) in [7, 11) is 1.86. The third-order valence-electron chi connectivity index (χ3n) is 3.78. The topological polar surface area (TPSA) is 69.9 Å². The van der Waals surface area contributed by atoms with Gasteiger partial charge in [0, 0.05) is 35.1 Å². The third kappa shape index (κ3) is 4.29. The number of hydrogen-bond acceptors (Lipinski definition) is 7. The lowest BCUT2D eigenvalue weighted by Crippen LogP contribution is -2.08. The molecule has 27 heavy (non-hydrogen) atoms. The van der Waals surface area contributed by atoms with Gasteiger partial charge in [-0.25, -0.2) is 9.97 Å². The Morgan fingerprint density at radius 1 is 1.04 bits per heavy atom. The summed E-state index contributed by atoms with van der Waals surface area (Å²) in [6, 6.07) is 9.91. The summed E-state index contributed by atoms with van der Waals surface area (Å²) < 4.78 is 7.08. The van der Waals surface area contributed by atoms with E-state index in [1.807, 2.05) is 54.3 Å². The van der Waals surface area contributed by atoms with Gasteiger partial charge in [-0.15, -0.1) is 22.7 Å². The van der Waals surface area contributed by atoms with Gasteiger partial charge in [-0.2, -0.15) is 5.10 Å². The number of thiazole rings is 2. The van der Waals surface area contributed by atoms with Gasteiger partial charge < -0.3 is 4.74 Å². The van der Waals surface area contributed by atoms with Crippen molar-refractivity contribution in [1.82, 2.24) is 19.7 Å². The van der Waals surface area contributed by atoms with Crippen molar-refractivity contribution in [3.63, 3.8) is 0 Å². The molecule has 6 nitrogen and oxygen atoms in total. The maximum Gasteiger partial charge on any atom is 0.312 e. The van der Waals surface area contributed by atoms with E-state index in [9.17, 15) is 4.79 Å². The third-order valence-corrected chi connectivity index (χ3v) is 5.66. The molecule has 0 bridgehead atoms. The number of carbonyl (C=O) groups is 1. The fraction of sp³-hybridized carbons (Fsp3) is 0.158. The van der Waals surface area contributed by atoms with Gasteiger partial charge in [0.1, 0.15) is 16.6 Å². The highest BCUT2D eigenvalue weighted by molar-refractivity contribution is 7.13. The maximum absolute atomic E-state index is 12.1. The largest absolute Gasteiger partial charge is 0.459 e. The van der Waals surface area contributed by atoms with Crippen LogP contribution in [0.5, 0.6) is 0 Å². The van der Waals surface area contributed by atoms with Crippen LogP contribution < -0.4 is 0 Å². The second kappa shape index (κ2) is 7.81. The summed E-state index contributed by atoms with van der Waals surface area (Å²) in [5.41, 5.74) is 3.46. The summed E-state index contributed by atoms with van der Waals surface area (Å²) in [5.74, 6) is -0.309. The number of nitrogens with zero attached hydrogens (tertiary/aromatic N) is 4. The Balaban J connectivity index is 1.33. The molecule has 4 rings (SSSR count). The Kier molecular flexibility index (Phi) is 5.08. The predicted molar refractivity (Wildman–Crippen MR) is 105 cm³/mol. The first-order valence-corrected chi connectivity index (χ1v) is 10.0. The zero-order valence-corrected chi connectivity index (χ0v) is 16.2. The monoisotopic (exact) mass is 396 g/mol. The molecule has 0 atom stereocenters. The van der Waals surface area contributed by atoms with Crippen molar-refractivity contribution >= 4 is 28.6 Å². The van der Waals surface area contributed by atoms with Gasteiger partial charge in [-0.1, -0.05) is 30.3 Å². The minimum absolute atomic E-state index is 0.156. The first-order chi connectivity index (χ1) is 13.2. The van der Waals surface area contributed by atoms with E-state index in [1.54, 1.807) is 10.9 Å². The molecule has 0 fully saturated rings. The van der Waals surface area contributed by atoms with Crippen LogP contribution >= 0.6 is 22.7 Å². The fourth-order valence-electron chi connectivity index (χ4n) is 2.49. The molecule has 0 spiro atoms. The van der Waals surface area contributed by atoms with Crippen LogP contribution in [0.1, 0.15) is 11.4 Å². The minimum atomic E-state index is -0.309. The molecule has 4 aromatic rings. The molecule has 0 N–H and O–H groups in total. The van der Waals surface area contributed by atoms with Crippen LogP contribution in [-0.2, 0) is 29.6 Å². The molecule has 0 aliphatic rings. The second-order valence-electron chi connectivity index (χ2n) is 5.89. The van der Waals surface area contributed by atoms with Crippen molar-refractivity contribution in [1.29, 1.82) is 0 Å². The fourth-order valence-corrected chi connectivity index (χ4v) is 4.10. The number of carbonyl (C=O) groups excluding carboxylic acids is 1. The summed E-state index contributed by atoms with van der Waals surface area (Å²) in [6.45, 7) is 0.158. The van der Waals surface area contributed by atoms with Gasteiger partial charge >= 0.3 is 5.97 Å². The van der Waals surface area contributed by atoms with E-state index in [2.05, 4.69) is 15.1 Å². The second-order valence-corrected chi connectivity index (χ2v) is 7.61. The van der Waals surface area contributed by atoms with Crippen molar-refractivity contribution < 1.29 is 9.53 Å². The van der Waals surface area contributed by atoms with E-state index < -0.39 is 0 Å². The number of aromatic nitrogens is 4. The summed E-state index contributed by atoms with van der Waals surface area (Å²) in [4.78, 5) is 21.1. The zero-order chi connectivity index (χ0) is 18.6. The lowest BCUT2D eigenvalue weighted by atomic mass is 10.2. The van der Waals surface area contributed by atoms with E-state index in [0.717, 1.165) is 32.5 Å². The van der Waals surface area contributed by atoms with Crippen LogP contribution in [0.3, 0.4) is 0 Å². The van der Waals surface area contributed by atoms with E-state index in [0.29, 0.717) is 0 Å². The van der Waals surface area contributed by atoms with Crippen LogP contribution in [-0.4, -0.2) is 25.7 Å². The Bertz CT molecular complexity index is 1050. The molecule has 0 radical (unpaired) electrons. The lowest BCUT2D eigenvalue weighted by Gasteiger charge is -2.01. The number of aryl methyl sites for hydroxylation is 1. The average molecular weight is 396 g/mol. The molecular weight excluding hydrogens is 380 g/mol. The molecule has 1 aromatic carbocycles. The smallest absolute Gasteiger partial charge is 0.312 e. The highest BCUT2D eigenvalue weighted by Crippen LogP contribution is 2.24. The summed E-state index contributed by atoms with van der Waals surface area (Å²) in [6.07, 6.45) is 3.82. The standard InChI is InChI=1S/C19H16N4O2S2/c1-23-9-14(8-20-23)19-22-16(12-27-19)10-25-17(24)7-15-11-26-18(21-15)13-5-3-2-4-6-13/h2-6,8-9,11-12H,7,10H2,1H3. The highest BCUT2D eigenvalue weighted by atomic mass is 32.1. The molecule has 0 unspecified atom stereocenters. The molecule has 0 saturated heterocycles. The quantitative estimate of drug-likeness (QED) is 0.462. The first kappa shape index (κ1) is 17.6. The van der Waals surface area contributed by atoms with Crippen LogP contribution in [0.25, 0.3) is 21.1 Å².